The van der Waals surface area contributed by atoms with Crippen molar-refractivity contribution >= 4 is 33.2 Å². The Bertz CT molecular complexity index is 555. The number of hydrogen-bond donors (Lipinski definition) is 1. The number of halogens is 1. The van der Waals surface area contributed by atoms with Gasteiger partial charge in [-0.3, -0.25) is 4.79 Å². The van der Waals surface area contributed by atoms with Crippen molar-refractivity contribution in [3.63, 3.8) is 0 Å². The molecule has 0 bridgehead atoms. The molecule has 0 atom stereocenters. The van der Waals surface area contributed by atoms with Gasteiger partial charge in [0.25, 0.3) is 5.91 Å². The lowest BCUT2D eigenvalue weighted by Crippen LogP contribution is -2.21. The van der Waals surface area contributed by atoms with Gasteiger partial charge in [-0.25, -0.2) is 0 Å². The van der Waals surface area contributed by atoms with Gasteiger partial charge in [0.05, 0.1) is 4.88 Å². The topological polar surface area (TPSA) is 29.1 Å². The Kier molecular flexibility index (Phi) is 4.77. The Morgan fingerprint density at radius 1 is 1.21 bits per heavy atom. The zero-order chi connectivity index (χ0) is 13.8. The van der Waals surface area contributed by atoms with E-state index in [0.29, 0.717) is 6.54 Å². The Labute approximate surface area is 126 Å². The van der Waals surface area contributed by atoms with Gasteiger partial charge >= 0.3 is 0 Å². The van der Waals surface area contributed by atoms with Crippen molar-refractivity contribution in [1.29, 1.82) is 0 Å². The van der Waals surface area contributed by atoms with Crippen LogP contribution in [0, 0.1) is 13.8 Å². The first kappa shape index (κ1) is 14.3. The number of alkyl halides is 1. The molecule has 1 aromatic heterocycles. The summed E-state index contributed by atoms with van der Waals surface area (Å²) in [5.74, 6) is 0.00534. The number of carbonyl (C=O) groups is 1. The number of hydrogen-bond acceptors (Lipinski definition) is 2. The van der Waals surface area contributed by atoms with E-state index in [1.807, 2.05) is 32.0 Å². The molecule has 0 fully saturated rings. The second-order valence-electron chi connectivity index (χ2n) is 4.48. The van der Waals surface area contributed by atoms with E-state index < -0.39 is 0 Å². The SMILES string of the molecule is Cc1cc(C(=O)NCc2ccc(CBr)cc2)sc1C. The van der Waals surface area contributed by atoms with E-state index in [1.54, 1.807) is 11.3 Å². The van der Waals surface area contributed by atoms with Crippen LogP contribution in [0.15, 0.2) is 30.3 Å². The quantitative estimate of drug-likeness (QED) is 0.832. The third-order valence-electron chi connectivity index (χ3n) is 3.02. The van der Waals surface area contributed by atoms with Crippen molar-refractivity contribution in [3.8, 4) is 0 Å². The molecule has 4 heteroatoms. The van der Waals surface area contributed by atoms with Crippen LogP contribution in [0.2, 0.25) is 0 Å². The molecule has 1 amide bonds. The van der Waals surface area contributed by atoms with Crippen LogP contribution in [-0.4, -0.2) is 5.91 Å². The van der Waals surface area contributed by atoms with Crippen LogP contribution >= 0.6 is 27.3 Å². The second-order valence-corrected chi connectivity index (χ2v) is 6.30. The van der Waals surface area contributed by atoms with Crippen LogP contribution in [0.4, 0.5) is 0 Å². The highest BCUT2D eigenvalue weighted by molar-refractivity contribution is 9.08. The molecule has 1 N–H and O–H groups in total. The van der Waals surface area contributed by atoms with Crippen LogP contribution in [0.25, 0.3) is 0 Å². The molecule has 1 aromatic carbocycles. The van der Waals surface area contributed by atoms with E-state index in [-0.39, 0.29) is 5.91 Å². The molecule has 2 rings (SSSR count). The van der Waals surface area contributed by atoms with Gasteiger partial charge < -0.3 is 5.32 Å². The number of aryl methyl sites for hydroxylation is 2. The second kappa shape index (κ2) is 6.35. The Hall–Kier alpha value is -1.13. The number of carbonyl (C=O) groups excluding carboxylic acids is 1. The summed E-state index contributed by atoms with van der Waals surface area (Å²) >= 11 is 4.96. The molecule has 19 heavy (non-hydrogen) atoms. The maximum Gasteiger partial charge on any atom is 0.261 e. The van der Waals surface area contributed by atoms with E-state index in [9.17, 15) is 4.79 Å². The summed E-state index contributed by atoms with van der Waals surface area (Å²) in [5.41, 5.74) is 3.53. The van der Waals surface area contributed by atoms with Crippen molar-refractivity contribution < 1.29 is 4.79 Å². The van der Waals surface area contributed by atoms with Gasteiger partial charge in [-0.2, -0.15) is 0 Å². The maximum absolute atomic E-state index is 12.0. The van der Waals surface area contributed by atoms with Crippen LogP contribution in [0.5, 0.6) is 0 Å². The Morgan fingerprint density at radius 2 is 1.84 bits per heavy atom. The molecule has 1 heterocycles. The van der Waals surface area contributed by atoms with Gasteiger partial charge in [-0.15, -0.1) is 11.3 Å². The van der Waals surface area contributed by atoms with Crippen LogP contribution in [-0.2, 0) is 11.9 Å². The average molecular weight is 338 g/mol. The maximum atomic E-state index is 12.0. The number of thiophene rings is 1. The number of benzene rings is 1. The van der Waals surface area contributed by atoms with Gasteiger partial charge in [0.1, 0.15) is 0 Å². The minimum Gasteiger partial charge on any atom is -0.347 e. The zero-order valence-corrected chi connectivity index (χ0v) is 13.4. The van der Waals surface area contributed by atoms with Crippen molar-refractivity contribution in [1.82, 2.24) is 5.32 Å². The lowest BCUT2D eigenvalue weighted by molar-refractivity contribution is 0.0955. The molecule has 0 saturated carbocycles. The van der Waals surface area contributed by atoms with Crippen molar-refractivity contribution in [2.24, 2.45) is 0 Å². The largest absolute Gasteiger partial charge is 0.347 e. The van der Waals surface area contributed by atoms with E-state index in [0.717, 1.165) is 15.8 Å². The minimum absolute atomic E-state index is 0.00534. The third kappa shape index (κ3) is 3.67. The molecule has 0 aliphatic heterocycles. The zero-order valence-electron chi connectivity index (χ0n) is 11.0. The molecule has 0 radical (unpaired) electrons. The number of amides is 1. The van der Waals surface area contributed by atoms with Gasteiger partial charge in [-0.1, -0.05) is 40.2 Å². The smallest absolute Gasteiger partial charge is 0.261 e. The fraction of sp³-hybridized carbons (Fsp3) is 0.267. The summed E-state index contributed by atoms with van der Waals surface area (Å²) in [6.45, 7) is 4.63. The van der Waals surface area contributed by atoms with Crippen molar-refractivity contribution in [3.05, 3.63) is 56.8 Å². The Morgan fingerprint density at radius 3 is 2.37 bits per heavy atom. The molecular formula is C15H16BrNOS. The minimum atomic E-state index is 0.00534. The fourth-order valence-electron chi connectivity index (χ4n) is 1.70. The first-order chi connectivity index (χ1) is 9.10. The van der Waals surface area contributed by atoms with E-state index in [2.05, 4.69) is 33.4 Å². The summed E-state index contributed by atoms with van der Waals surface area (Å²) in [6, 6.07) is 10.2. The summed E-state index contributed by atoms with van der Waals surface area (Å²) in [5, 5.41) is 3.81. The fourth-order valence-corrected chi connectivity index (χ4v) is 3.02. The van der Waals surface area contributed by atoms with Crippen LogP contribution < -0.4 is 5.32 Å². The standard InChI is InChI=1S/C15H16BrNOS/c1-10-7-14(19-11(10)2)15(18)17-9-13-5-3-12(8-16)4-6-13/h3-7H,8-9H2,1-2H3,(H,17,18). The van der Waals surface area contributed by atoms with E-state index in [4.69, 9.17) is 0 Å². The molecule has 2 nitrogen and oxygen atoms in total. The van der Waals surface area contributed by atoms with E-state index >= 15 is 0 Å². The van der Waals surface area contributed by atoms with Crippen molar-refractivity contribution in [2.45, 2.75) is 25.7 Å². The monoisotopic (exact) mass is 337 g/mol. The van der Waals surface area contributed by atoms with Gasteiger partial charge in [0.2, 0.25) is 0 Å². The molecular weight excluding hydrogens is 322 g/mol. The lowest BCUT2D eigenvalue weighted by atomic mass is 10.1. The molecule has 2 aromatic rings. The highest BCUT2D eigenvalue weighted by Gasteiger charge is 2.09. The molecule has 0 saturated heterocycles. The summed E-state index contributed by atoms with van der Waals surface area (Å²) in [4.78, 5) is 14.0. The van der Waals surface area contributed by atoms with Gasteiger partial charge in [-0.05, 0) is 36.6 Å². The Balaban J connectivity index is 1.96. The molecule has 0 unspecified atom stereocenters. The number of rotatable bonds is 4. The van der Waals surface area contributed by atoms with Crippen LogP contribution in [0.3, 0.4) is 0 Å². The molecule has 0 aliphatic rings. The average Bonchev–Trinajstić information content (AvgIpc) is 2.77. The first-order valence-corrected chi connectivity index (χ1v) is 8.03. The number of nitrogens with one attached hydrogen (secondary N) is 1. The summed E-state index contributed by atoms with van der Waals surface area (Å²) in [6.07, 6.45) is 0. The molecule has 100 valence electrons. The molecule has 0 spiro atoms. The predicted octanol–water partition coefficient (Wildman–Crippen LogP) is 4.19. The van der Waals surface area contributed by atoms with Gasteiger partial charge in [0.15, 0.2) is 0 Å². The first-order valence-electron chi connectivity index (χ1n) is 6.09. The van der Waals surface area contributed by atoms with Crippen LogP contribution in [0.1, 0.15) is 31.2 Å². The summed E-state index contributed by atoms with van der Waals surface area (Å²) in [7, 11) is 0. The summed E-state index contributed by atoms with van der Waals surface area (Å²) < 4.78 is 0. The highest BCUT2D eigenvalue weighted by atomic mass is 79.9. The van der Waals surface area contributed by atoms with Crippen molar-refractivity contribution in [2.75, 3.05) is 0 Å². The normalized spacial score (nSPS) is 10.5. The van der Waals surface area contributed by atoms with Gasteiger partial charge in [0, 0.05) is 16.8 Å². The highest BCUT2D eigenvalue weighted by Crippen LogP contribution is 2.20. The lowest BCUT2D eigenvalue weighted by Gasteiger charge is -2.04. The predicted molar refractivity (Wildman–Crippen MR) is 84.0 cm³/mol. The third-order valence-corrected chi connectivity index (χ3v) is 4.82. The molecule has 0 aliphatic carbocycles. The van der Waals surface area contributed by atoms with E-state index in [1.165, 1.54) is 16.0 Å².